The fourth-order valence-corrected chi connectivity index (χ4v) is 3.50. The van der Waals surface area contributed by atoms with E-state index in [1.807, 2.05) is 20.8 Å². The van der Waals surface area contributed by atoms with Gasteiger partial charge in [0.2, 0.25) is 0 Å². The molecule has 0 spiro atoms. The van der Waals surface area contributed by atoms with Crippen molar-refractivity contribution in [2.75, 3.05) is 6.54 Å². The standard InChI is InChI=1S/C17H23NO4/c1-17(2,3)22-16(20)18-9-4-5-13(18)11-6-7-14-12(15(11)19)8-10-21-14/h8,10-11,13H,4-7,9H2,1-3H3. The number of Topliss-reactive ketones (excluding diaryl/α,β-unsaturated/α-hetero) is 1. The van der Waals surface area contributed by atoms with Gasteiger partial charge in [-0.2, -0.15) is 0 Å². The predicted molar refractivity (Wildman–Crippen MR) is 80.8 cm³/mol. The Labute approximate surface area is 130 Å². The molecule has 0 bridgehead atoms. The van der Waals surface area contributed by atoms with Crippen LogP contribution < -0.4 is 0 Å². The SMILES string of the molecule is CC(C)(C)OC(=O)N1CCCC1C1CCc2occc2C1=O. The third-order valence-electron chi connectivity index (χ3n) is 4.42. The number of nitrogens with zero attached hydrogens (tertiary/aromatic N) is 1. The number of ketones is 1. The van der Waals surface area contributed by atoms with Gasteiger partial charge >= 0.3 is 6.09 Å². The minimum absolute atomic E-state index is 0.0506. The molecule has 0 N–H and O–H groups in total. The highest BCUT2D eigenvalue weighted by Crippen LogP contribution is 2.35. The Balaban J connectivity index is 1.77. The summed E-state index contributed by atoms with van der Waals surface area (Å²) < 4.78 is 10.8. The Bertz CT molecular complexity index is 584. The number of rotatable bonds is 1. The van der Waals surface area contributed by atoms with Crippen LogP contribution in [0.25, 0.3) is 0 Å². The topological polar surface area (TPSA) is 59.8 Å². The third kappa shape index (κ3) is 2.76. The second kappa shape index (κ2) is 5.45. The molecule has 2 heterocycles. The van der Waals surface area contributed by atoms with Crippen LogP contribution in [0.15, 0.2) is 16.7 Å². The smallest absolute Gasteiger partial charge is 0.410 e. The van der Waals surface area contributed by atoms with Crippen molar-refractivity contribution in [3.8, 4) is 0 Å². The van der Waals surface area contributed by atoms with Crippen LogP contribution >= 0.6 is 0 Å². The first-order valence-corrected chi connectivity index (χ1v) is 7.97. The second-order valence-corrected chi connectivity index (χ2v) is 7.15. The number of hydrogen-bond acceptors (Lipinski definition) is 4. The molecule has 1 aromatic heterocycles. The lowest BCUT2D eigenvalue weighted by molar-refractivity contribution is 0.0174. The second-order valence-electron chi connectivity index (χ2n) is 7.15. The number of aryl methyl sites for hydroxylation is 1. The van der Waals surface area contributed by atoms with Crippen molar-refractivity contribution in [3.63, 3.8) is 0 Å². The molecule has 120 valence electrons. The summed E-state index contributed by atoms with van der Waals surface area (Å²) in [7, 11) is 0. The van der Waals surface area contributed by atoms with Gasteiger partial charge in [0.05, 0.1) is 11.8 Å². The summed E-state index contributed by atoms with van der Waals surface area (Å²) in [5, 5.41) is 0. The maximum Gasteiger partial charge on any atom is 0.410 e. The molecular weight excluding hydrogens is 282 g/mol. The molecule has 22 heavy (non-hydrogen) atoms. The van der Waals surface area contributed by atoms with Gasteiger partial charge in [-0.3, -0.25) is 4.79 Å². The van der Waals surface area contributed by atoms with E-state index >= 15 is 0 Å². The van der Waals surface area contributed by atoms with Gasteiger partial charge in [0.15, 0.2) is 5.78 Å². The van der Waals surface area contributed by atoms with Crippen molar-refractivity contribution >= 4 is 11.9 Å². The Kier molecular flexibility index (Phi) is 3.75. The van der Waals surface area contributed by atoms with E-state index in [0.717, 1.165) is 31.4 Å². The van der Waals surface area contributed by atoms with E-state index in [9.17, 15) is 9.59 Å². The minimum Gasteiger partial charge on any atom is -0.469 e. The first-order valence-electron chi connectivity index (χ1n) is 7.97. The Morgan fingerprint density at radius 1 is 1.36 bits per heavy atom. The number of amides is 1. The molecule has 1 saturated heterocycles. The quantitative estimate of drug-likeness (QED) is 0.797. The van der Waals surface area contributed by atoms with E-state index in [1.54, 1.807) is 17.2 Å². The summed E-state index contributed by atoms with van der Waals surface area (Å²) >= 11 is 0. The first-order chi connectivity index (χ1) is 10.4. The normalized spacial score (nSPS) is 25.2. The lowest BCUT2D eigenvalue weighted by Gasteiger charge is -2.33. The molecule has 5 heteroatoms. The molecule has 2 aliphatic rings. The van der Waals surface area contributed by atoms with Gasteiger partial charge in [-0.25, -0.2) is 4.79 Å². The molecule has 2 unspecified atom stereocenters. The summed E-state index contributed by atoms with van der Waals surface area (Å²) in [6.45, 7) is 6.25. The molecular formula is C17H23NO4. The van der Waals surface area contributed by atoms with E-state index in [-0.39, 0.29) is 23.8 Å². The predicted octanol–water partition coefficient (Wildman–Crippen LogP) is 3.42. The number of fused-ring (bicyclic) bond motifs is 1. The molecule has 1 aliphatic carbocycles. The van der Waals surface area contributed by atoms with Crippen LogP contribution in [0.5, 0.6) is 0 Å². The van der Waals surface area contributed by atoms with E-state index in [0.29, 0.717) is 12.1 Å². The van der Waals surface area contributed by atoms with E-state index < -0.39 is 5.60 Å². The molecule has 1 fully saturated rings. The molecule has 3 rings (SSSR count). The number of likely N-dealkylation sites (tertiary alicyclic amines) is 1. The Hall–Kier alpha value is -1.78. The van der Waals surface area contributed by atoms with Crippen molar-refractivity contribution in [3.05, 3.63) is 23.7 Å². The summed E-state index contributed by atoms with van der Waals surface area (Å²) in [6, 6.07) is 1.70. The first kappa shape index (κ1) is 15.1. The summed E-state index contributed by atoms with van der Waals surface area (Å²) in [5.74, 6) is 0.749. The molecule has 2 atom stereocenters. The van der Waals surface area contributed by atoms with Gasteiger partial charge in [0, 0.05) is 24.9 Å². The van der Waals surface area contributed by atoms with E-state index in [1.165, 1.54) is 0 Å². The Morgan fingerprint density at radius 3 is 2.86 bits per heavy atom. The molecule has 0 aromatic carbocycles. The van der Waals surface area contributed by atoms with Crippen molar-refractivity contribution in [2.24, 2.45) is 5.92 Å². The van der Waals surface area contributed by atoms with Crippen molar-refractivity contribution in [1.82, 2.24) is 4.90 Å². The summed E-state index contributed by atoms with van der Waals surface area (Å²) in [6.07, 6.45) is 4.56. The highest BCUT2D eigenvalue weighted by molar-refractivity contribution is 6.00. The minimum atomic E-state index is -0.515. The molecule has 5 nitrogen and oxygen atoms in total. The fraction of sp³-hybridized carbons (Fsp3) is 0.647. The van der Waals surface area contributed by atoms with Crippen molar-refractivity contribution < 1.29 is 18.7 Å². The van der Waals surface area contributed by atoms with Crippen LogP contribution in [-0.2, 0) is 11.2 Å². The fourth-order valence-electron chi connectivity index (χ4n) is 3.50. The van der Waals surface area contributed by atoms with Gasteiger partial charge in [0.25, 0.3) is 0 Å². The zero-order chi connectivity index (χ0) is 15.9. The van der Waals surface area contributed by atoms with Gasteiger partial charge in [-0.15, -0.1) is 0 Å². The number of hydrogen-bond donors (Lipinski definition) is 0. The summed E-state index contributed by atoms with van der Waals surface area (Å²) in [4.78, 5) is 26.8. The molecule has 1 aliphatic heterocycles. The van der Waals surface area contributed by atoms with Gasteiger partial charge < -0.3 is 14.1 Å². The van der Waals surface area contributed by atoms with Crippen molar-refractivity contribution in [2.45, 2.75) is 58.1 Å². The molecule has 1 amide bonds. The maximum atomic E-state index is 12.7. The summed E-state index contributed by atoms with van der Waals surface area (Å²) in [5.41, 5.74) is 0.172. The van der Waals surface area contributed by atoms with Crippen LogP contribution in [0.3, 0.4) is 0 Å². The van der Waals surface area contributed by atoms with E-state index in [2.05, 4.69) is 0 Å². The average molecular weight is 305 g/mol. The maximum absolute atomic E-state index is 12.7. The number of carbonyl (C=O) groups is 2. The molecule has 0 saturated carbocycles. The molecule has 1 aromatic rings. The molecule has 0 radical (unpaired) electrons. The lowest BCUT2D eigenvalue weighted by Crippen LogP contribution is -2.46. The Morgan fingerprint density at radius 2 is 2.14 bits per heavy atom. The zero-order valence-electron chi connectivity index (χ0n) is 13.4. The highest BCUT2D eigenvalue weighted by Gasteiger charge is 2.42. The highest BCUT2D eigenvalue weighted by atomic mass is 16.6. The van der Waals surface area contributed by atoms with Crippen LogP contribution in [0.1, 0.15) is 56.2 Å². The average Bonchev–Trinajstić information content (AvgIpc) is 3.05. The largest absolute Gasteiger partial charge is 0.469 e. The van der Waals surface area contributed by atoms with Crippen LogP contribution in [0.4, 0.5) is 4.79 Å². The van der Waals surface area contributed by atoms with Gasteiger partial charge in [-0.05, 0) is 46.1 Å². The zero-order valence-corrected chi connectivity index (χ0v) is 13.4. The van der Waals surface area contributed by atoms with Crippen molar-refractivity contribution in [1.29, 1.82) is 0 Å². The van der Waals surface area contributed by atoms with E-state index in [4.69, 9.17) is 9.15 Å². The van der Waals surface area contributed by atoms with Gasteiger partial charge in [-0.1, -0.05) is 0 Å². The lowest BCUT2D eigenvalue weighted by atomic mass is 9.81. The van der Waals surface area contributed by atoms with Crippen LogP contribution in [-0.4, -0.2) is 35.0 Å². The number of carbonyl (C=O) groups excluding carboxylic acids is 2. The third-order valence-corrected chi connectivity index (χ3v) is 4.42. The number of furan rings is 1. The van der Waals surface area contributed by atoms with Crippen LogP contribution in [0, 0.1) is 5.92 Å². The number of ether oxygens (including phenoxy) is 1. The monoisotopic (exact) mass is 305 g/mol. The van der Waals surface area contributed by atoms with Crippen LogP contribution in [0.2, 0.25) is 0 Å². The van der Waals surface area contributed by atoms with Gasteiger partial charge in [0.1, 0.15) is 11.4 Å².